The molecule has 1 aliphatic heterocycles. The van der Waals surface area contributed by atoms with Crippen LogP contribution in [0.1, 0.15) is 59.4 Å². The molecular formula is C26H39N3O3. The summed E-state index contributed by atoms with van der Waals surface area (Å²) in [5.41, 5.74) is 5.26. The highest BCUT2D eigenvalue weighted by Crippen LogP contribution is 2.26. The van der Waals surface area contributed by atoms with Crippen molar-refractivity contribution in [1.82, 2.24) is 10.4 Å². The van der Waals surface area contributed by atoms with E-state index in [0.29, 0.717) is 18.9 Å². The van der Waals surface area contributed by atoms with Crippen LogP contribution in [0.2, 0.25) is 0 Å². The Morgan fingerprint density at radius 2 is 1.91 bits per heavy atom. The van der Waals surface area contributed by atoms with Crippen molar-refractivity contribution in [3.05, 3.63) is 48.1 Å². The summed E-state index contributed by atoms with van der Waals surface area (Å²) in [4.78, 5) is 29.1. The van der Waals surface area contributed by atoms with E-state index in [1.54, 1.807) is 5.48 Å². The lowest BCUT2D eigenvalue weighted by molar-refractivity contribution is -0.142. The van der Waals surface area contributed by atoms with Crippen LogP contribution in [0.15, 0.2) is 42.5 Å². The first-order chi connectivity index (χ1) is 15.3. The molecule has 1 heterocycles. The predicted molar refractivity (Wildman–Crippen MR) is 130 cm³/mol. The quantitative estimate of drug-likeness (QED) is 0.332. The Labute approximate surface area is 192 Å². The van der Waals surface area contributed by atoms with Crippen molar-refractivity contribution >= 4 is 23.1 Å². The Morgan fingerprint density at radius 3 is 2.44 bits per heavy atom. The molecule has 32 heavy (non-hydrogen) atoms. The summed E-state index contributed by atoms with van der Waals surface area (Å²) in [5.74, 6) is -0.624. The van der Waals surface area contributed by atoms with Crippen LogP contribution in [0.25, 0.3) is 5.57 Å². The van der Waals surface area contributed by atoms with Gasteiger partial charge in [-0.3, -0.25) is 14.8 Å². The van der Waals surface area contributed by atoms with E-state index < -0.39 is 11.8 Å². The number of carbonyl (C=O) groups is 2. The second kappa shape index (κ2) is 12.4. The third kappa shape index (κ3) is 6.95. The summed E-state index contributed by atoms with van der Waals surface area (Å²) in [6.07, 6.45) is 8.06. The molecule has 1 saturated heterocycles. The lowest BCUT2D eigenvalue weighted by Gasteiger charge is -2.42. The minimum atomic E-state index is -0.509. The summed E-state index contributed by atoms with van der Waals surface area (Å²) < 4.78 is 0. The zero-order chi connectivity index (χ0) is 23.7. The number of hydrogen-bond acceptors (Lipinski definition) is 4. The number of benzene rings is 1. The first-order valence-corrected chi connectivity index (χ1v) is 11.7. The Kier molecular flexibility index (Phi) is 9.97. The summed E-state index contributed by atoms with van der Waals surface area (Å²) >= 11 is 0. The first kappa shape index (κ1) is 25.7. The van der Waals surface area contributed by atoms with Gasteiger partial charge in [0.05, 0.1) is 0 Å². The molecule has 0 unspecified atom stereocenters. The molecule has 0 aromatic heterocycles. The minimum Gasteiger partial charge on any atom is -0.368 e. The number of hydrogen-bond donors (Lipinski definition) is 2. The third-order valence-electron chi connectivity index (χ3n) is 5.91. The smallest absolute Gasteiger partial charge is 0.244 e. The number of carbonyl (C=O) groups excluding carboxylic acids is 2. The van der Waals surface area contributed by atoms with E-state index in [1.165, 1.54) is 11.1 Å². The maximum absolute atomic E-state index is 13.2. The maximum Gasteiger partial charge on any atom is 0.244 e. The maximum atomic E-state index is 13.2. The van der Waals surface area contributed by atoms with Crippen LogP contribution in [0, 0.1) is 11.8 Å². The van der Waals surface area contributed by atoms with Gasteiger partial charge < -0.3 is 9.80 Å². The SMILES string of the molecule is C/C=C\C(=C/CC)c1ccc(N2CCN(C(=O)[C@H](CC(=O)NO)CC(C)C)[C@H](C)C2)cc1. The van der Waals surface area contributed by atoms with Crippen LogP contribution in [0.4, 0.5) is 5.69 Å². The van der Waals surface area contributed by atoms with Crippen molar-refractivity contribution in [2.45, 2.75) is 59.9 Å². The normalized spacial score (nSPS) is 18.3. The molecule has 0 aliphatic carbocycles. The highest BCUT2D eigenvalue weighted by Gasteiger charge is 2.33. The Balaban J connectivity index is 2.08. The van der Waals surface area contributed by atoms with Crippen molar-refractivity contribution in [3.8, 4) is 0 Å². The highest BCUT2D eigenvalue weighted by molar-refractivity contribution is 5.85. The molecular weight excluding hydrogens is 402 g/mol. The predicted octanol–water partition coefficient (Wildman–Crippen LogP) is 4.65. The summed E-state index contributed by atoms with van der Waals surface area (Å²) in [6.45, 7) is 12.4. The van der Waals surface area contributed by atoms with Crippen LogP contribution in [-0.2, 0) is 9.59 Å². The number of piperazine rings is 1. The van der Waals surface area contributed by atoms with Crippen LogP contribution in [0.5, 0.6) is 0 Å². The average molecular weight is 442 g/mol. The van der Waals surface area contributed by atoms with Crippen molar-refractivity contribution < 1.29 is 14.8 Å². The second-order valence-electron chi connectivity index (χ2n) is 9.01. The van der Waals surface area contributed by atoms with Crippen LogP contribution >= 0.6 is 0 Å². The molecule has 0 bridgehead atoms. The van der Waals surface area contributed by atoms with Gasteiger partial charge in [-0.25, -0.2) is 5.48 Å². The van der Waals surface area contributed by atoms with Crippen LogP contribution in [0.3, 0.4) is 0 Å². The van der Waals surface area contributed by atoms with Gasteiger partial charge in [0.15, 0.2) is 0 Å². The highest BCUT2D eigenvalue weighted by atomic mass is 16.5. The summed E-state index contributed by atoms with van der Waals surface area (Å²) in [6, 6.07) is 8.66. The van der Waals surface area contributed by atoms with Gasteiger partial charge >= 0.3 is 0 Å². The molecule has 2 atom stereocenters. The lowest BCUT2D eigenvalue weighted by Crippen LogP contribution is -2.55. The van der Waals surface area contributed by atoms with Crippen LogP contribution in [-0.4, -0.2) is 47.6 Å². The number of rotatable bonds is 9. The average Bonchev–Trinajstić information content (AvgIpc) is 2.77. The zero-order valence-corrected chi connectivity index (χ0v) is 20.2. The molecule has 2 rings (SSSR count). The van der Waals surface area contributed by atoms with Crippen molar-refractivity contribution in [2.75, 3.05) is 24.5 Å². The van der Waals surface area contributed by atoms with Gasteiger partial charge in [-0.15, -0.1) is 0 Å². The topological polar surface area (TPSA) is 72.9 Å². The monoisotopic (exact) mass is 441 g/mol. The number of nitrogens with zero attached hydrogens (tertiary/aromatic N) is 2. The van der Waals surface area contributed by atoms with Gasteiger partial charge in [0.1, 0.15) is 0 Å². The van der Waals surface area contributed by atoms with Crippen molar-refractivity contribution in [1.29, 1.82) is 0 Å². The van der Waals surface area contributed by atoms with Gasteiger partial charge in [0, 0.05) is 43.7 Å². The lowest BCUT2D eigenvalue weighted by atomic mass is 9.91. The number of hydroxylamine groups is 1. The van der Waals surface area contributed by atoms with Crippen molar-refractivity contribution in [3.63, 3.8) is 0 Å². The summed E-state index contributed by atoms with van der Waals surface area (Å²) in [5, 5.41) is 8.90. The fourth-order valence-electron chi connectivity index (χ4n) is 4.41. The number of nitrogens with one attached hydrogen (secondary N) is 1. The zero-order valence-electron chi connectivity index (χ0n) is 20.2. The van der Waals surface area contributed by atoms with E-state index in [4.69, 9.17) is 5.21 Å². The van der Waals surface area contributed by atoms with Crippen LogP contribution < -0.4 is 10.4 Å². The standard InChI is InChI=1S/C26H39N3O3/c1-6-8-21(9-7-2)22-10-12-24(13-11-22)28-14-15-29(20(5)18-28)26(31)23(16-19(3)4)17-25(30)27-32/h6,8-13,19-20,23,32H,7,14-18H2,1-5H3,(H,27,30)/b8-6-,21-9+/t20-,23+/m1/s1. The van der Waals surface area contributed by atoms with E-state index in [1.807, 2.05) is 25.7 Å². The minimum absolute atomic E-state index is 0.00509. The molecule has 0 saturated carbocycles. The molecule has 176 valence electrons. The first-order valence-electron chi connectivity index (χ1n) is 11.7. The van der Waals surface area contributed by atoms with Gasteiger partial charge in [-0.05, 0) is 55.9 Å². The van der Waals surface area contributed by atoms with Gasteiger partial charge in [-0.1, -0.05) is 51.1 Å². The molecule has 1 aliphatic rings. The number of anilines is 1. The molecule has 2 amide bonds. The Bertz CT molecular complexity index is 814. The molecule has 2 N–H and O–H groups in total. The van der Waals surface area contributed by atoms with E-state index in [0.717, 1.165) is 25.2 Å². The third-order valence-corrected chi connectivity index (χ3v) is 5.91. The molecule has 1 aromatic rings. The molecule has 6 nitrogen and oxygen atoms in total. The summed E-state index contributed by atoms with van der Waals surface area (Å²) in [7, 11) is 0. The molecule has 1 fully saturated rings. The van der Waals surface area contributed by atoms with Gasteiger partial charge in [0.2, 0.25) is 11.8 Å². The Hall–Kier alpha value is -2.60. The molecule has 0 spiro atoms. The van der Waals surface area contributed by atoms with E-state index in [2.05, 4.69) is 61.2 Å². The Morgan fingerprint density at radius 1 is 1.22 bits per heavy atom. The molecule has 6 heteroatoms. The number of amides is 2. The largest absolute Gasteiger partial charge is 0.368 e. The van der Waals surface area contributed by atoms with E-state index >= 15 is 0 Å². The fraction of sp³-hybridized carbons (Fsp3) is 0.538. The second-order valence-corrected chi connectivity index (χ2v) is 9.01. The van der Waals surface area contributed by atoms with E-state index in [-0.39, 0.29) is 18.4 Å². The number of allylic oxidation sites excluding steroid dienone is 4. The van der Waals surface area contributed by atoms with E-state index in [9.17, 15) is 9.59 Å². The van der Waals surface area contributed by atoms with Gasteiger partial charge in [0.25, 0.3) is 0 Å². The fourth-order valence-corrected chi connectivity index (χ4v) is 4.41. The van der Waals surface area contributed by atoms with Crippen molar-refractivity contribution in [2.24, 2.45) is 11.8 Å². The molecule has 0 radical (unpaired) electrons. The van der Waals surface area contributed by atoms with Gasteiger partial charge in [-0.2, -0.15) is 0 Å². The molecule has 1 aromatic carbocycles.